The zero-order valence-corrected chi connectivity index (χ0v) is 17.3. The number of ether oxygens (including phenoxy) is 2. The lowest BCUT2D eigenvalue weighted by atomic mass is 9.65. The van der Waals surface area contributed by atoms with E-state index in [9.17, 15) is 4.79 Å². The number of amides is 1. The Morgan fingerprint density at radius 2 is 1.93 bits per heavy atom. The third-order valence-corrected chi connectivity index (χ3v) is 6.84. The summed E-state index contributed by atoms with van der Waals surface area (Å²) in [5, 5.41) is 3.22. The van der Waals surface area contributed by atoms with Crippen molar-refractivity contribution in [3.63, 3.8) is 0 Å². The Kier molecular flexibility index (Phi) is 6.46. The first-order valence-electron chi connectivity index (χ1n) is 10.4. The first-order chi connectivity index (χ1) is 13.0. The molecule has 150 valence electrons. The van der Waals surface area contributed by atoms with Gasteiger partial charge in [0.2, 0.25) is 5.91 Å². The van der Waals surface area contributed by atoms with Crippen molar-refractivity contribution >= 4 is 5.91 Å². The van der Waals surface area contributed by atoms with Crippen molar-refractivity contribution < 1.29 is 14.3 Å². The van der Waals surface area contributed by atoms with Crippen molar-refractivity contribution in [2.45, 2.75) is 70.8 Å². The first-order valence-corrected chi connectivity index (χ1v) is 10.4. The van der Waals surface area contributed by atoms with Crippen molar-refractivity contribution in [1.82, 2.24) is 5.32 Å². The predicted octanol–water partition coefficient (Wildman–Crippen LogP) is 4.46. The number of rotatable bonds is 6. The third-order valence-electron chi connectivity index (χ3n) is 6.84. The minimum Gasteiger partial charge on any atom is -0.496 e. The maximum atomic E-state index is 12.6. The molecule has 1 unspecified atom stereocenters. The second kappa shape index (κ2) is 8.64. The smallest absolute Gasteiger partial charge is 0.223 e. The summed E-state index contributed by atoms with van der Waals surface area (Å²) in [5.74, 6) is 1.83. The molecule has 1 amide bonds. The summed E-state index contributed by atoms with van der Waals surface area (Å²) < 4.78 is 11.0. The van der Waals surface area contributed by atoms with E-state index in [1.54, 1.807) is 14.2 Å². The van der Waals surface area contributed by atoms with Gasteiger partial charge in [0.05, 0.1) is 13.2 Å². The number of fused-ring (bicyclic) bond motifs is 1. The number of methoxy groups -OCH3 is 2. The molecule has 0 aliphatic heterocycles. The number of carbonyl (C=O) groups is 1. The molecule has 2 aliphatic carbocycles. The lowest BCUT2D eigenvalue weighted by Crippen LogP contribution is -2.37. The highest BCUT2D eigenvalue weighted by Crippen LogP contribution is 2.48. The Bertz CT molecular complexity index is 647. The highest BCUT2D eigenvalue weighted by atomic mass is 16.5. The summed E-state index contributed by atoms with van der Waals surface area (Å²) in [5.41, 5.74) is 3.00. The largest absolute Gasteiger partial charge is 0.496 e. The highest BCUT2D eigenvalue weighted by molar-refractivity contribution is 5.78. The molecule has 1 atom stereocenters. The van der Waals surface area contributed by atoms with Crippen LogP contribution in [0.15, 0.2) is 18.2 Å². The van der Waals surface area contributed by atoms with E-state index in [0.717, 1.165) is 57.2 Å². The minimum atomic E-state index is 0.156. The average molecular weight is 374 g/mol. The van der Waals surface area contributed by atoms with Gasteiger partial charge in [-0.1, -0.05) is 26.0 Å². The fraction of sp³-hybridized carbons (Fsp3) is 0.696. The zero-order valence-electron chi connectivity index (χ0n) is 17.3. The van der Waals surface area contributed by atoms with Gasteiger partial charge in [0.15, 0.2) is 0 Å². The summed E-state index contributed by atoms with van der Waals surface area (Å²) in [4.78, 5) is 12.6. The average Bonchev–Trinajstić information content (AvgIpc) is 2.68. The van der Waals surface area contributed by atoms with Crippen LogP contribution in [0.1, 0.15) is 69.4 Å². The van der Waals surface area contributed by atoms with Crippen molar-refractivity contribution in [3.05, 3.63) is 29.3 Å². The van der Waals surface area contributed by atoms with Crippen molar-refractivity contribution in [2.75, 3.05) is 20.8 Å². The Balaban J connectivity index is 1.60. The topological polar surface area (TPSA) is 47.6 Å². The molecule has 0 heterocycles. The van der Waals surface area contributed by atoms with Crippen LogP contribution in [-0.2, 0) is 16.0 Å². The molecule has 1 aromatic carbocycles. The normalized spacial score (nSPS) is 26.9. The number of nitrogens with one attached hydrogen (secondary N) is 1. The molecule has 0 spiro atoms. The minimum absolute atomic E-state index is 0.156. The van der Waals surface area contributed by atoms with E-state index >= 15 is 0 Å². The maximum absolute atomic E-state index is 12.6. The van der Waals surface area contributed by atoms with E-state index in [4.69, 9.17) is 9.47 Å². The Labute approximate surface area is 164 Å². The van der Waals surface area contributed by atoms with Crippen LogP contribution in [0.3, 0.4) is 0 Å². The fourth-order valence-electron chi connectivity index (χ4n) is 5.00. The van der Waals surface area contributed by atoms with E-state index in [0.29, 0.717) is 12.0 Å². The van der Waals surface area contributed by atoms with Crippen LogP contribution in [0, 0.1) is 11.3 Å². The molecular formula is C23H35NO3. The monoisotopic (exact) mass is 373 g/mol. The van der Waals surface area contributed by atoms with Crippen molar-refractivity contribution in [2.24, 2.45) is 11.3 Å². The molecule has 27 heavy (non-hydrogen) atoms. The third kappa shape index (κ3) is 4.48. The van der Waals surface area contributed by atoms with Gasteiger partial charge in [0.25, 0.3) is 0 Å². The summed E-state index contributed by atoms with van der Waals surface area (Å²) in [6, 6.07) is 6.41. The molecular weight excluding hydrogens is 338 g/mol. The molecule has 3 rings (SSSR count). The van der Waals surface area contributed by atoms with Gasteiger partial charge >= 0.3 is 0 Å². The van der Waals surface area contributed by atoms with Crippen LogP contribution in [0.5, 0.6) is 5.75 Å². The summed E-state index contributed by atoms with van der Waals surface area (Å²) >= 11 is 0. The second-order valence-corrected chi connectivity index (χ2v) is 8.86. The highest BCUT2D eigenvalue weighted by Gasteiger charge is 2.36. The first kappa shape index (κ1) is 20.2. The molecule has 1 aromatic rings. The molecule has 0 saturated heterocycles. The molecule has 4 heteroatoms. The lowest BCUT2D eigenvalue weighted by Gasteiger charge is -2.41. The van der Waals surface area contributed by atoms with Crippen LogP contribution < -0.4 is 10.1 Å². The van der Waals surface area contributed by atoms with Gasteiger partial charge in [-0.05, 0) is 73.5 Å². The van der Waals surface area contributed by atoms with Gasteiger partial charge in [-0.25, -0.2) is 0 Å². The van der Waals surface area contributed by atoms with Crippen LogP contribution in [0.4, 0.5) is 0 Å². The van der Waals surface area contributed by atoms with Crippen molar-refractivity contribution in [1.29, 1.82) is 0 Å². The number of hydrogen-bond donors (Lipinski definition) is 1. The number of carbonyl (C=O) groups excluding carboxylic acids is 1. The Hall–Kier alpha value is -1.55. The molecule has 1 fully saturated rings. The maximum Gasteiger partial charge on any atom is 0.223 e. The SMILES string of the molecule is COc1cccc2c1CCC(C)(C)C2CCNC(=O)C1CCC(OC)CC1. The predicted molar refractivity (Wildman–Crippen MR) is 108 cm³/mol. The second-order valence-electron chi connectivity index (χ2n) is 8.86. The molecule has 0 aromatic heterocycles. The van der Waals surface area contributed by atoms with Gasteiger partial charge < -0.3 is 14.8 Å². The molecule has 1 N–H and O–H groups in total. The van der Waals surface area contributed by atoms with E-state index in [1.807, 2.05) is 0 Å². The summed E-state index contributed by atoms with van der Waals surface area (Å²) in [6.07, 6.45) is 7.42. The number of benzene rings is 1. The molecule has 4 nitrogen and oxygen atoms in total. The van der Waals surface area contributed by atoms with Crippen LogP contribution in [-0.4, -0.2) is 32.8 Å². The zero-order chi connectivity index (χ0) is 19.4. The van der Waals surface area contributed by atoms with Gasteiger partial charge in [0, 0.05) is 19.6 Å². The van der Waals surface area contributed by atoms with E-state index < -0.39 is 0 Å². The van der Waals surface area contributed by atoms with Gasteiger partial charge in [-0.3, -0.25) is 4.79 Å². The van der Waals surface area contributed by atoms with E-state index in [-0.39, 0.29) is 17.2 Å². The van der Waals surface area contributed by atoms with E-state index in [2.05, 4.69) is 37.4 Å². The summed E-state index contributed by atoms with van der Waals surface area (Å²) in [7, 11) is 3.52. The lowest BCUT2D eigenvalue weighted by molar-refractivity contribution is -0.126. The van der Waals surface area contributed by atoms with Crippen LogP contribution in [0.25, 0.3) is 0 Å². The fourth-order valence-corrected chi connectivity index (χ4v) is 5.00. The summed E-state index contributed by atoms with van der Waals surface area (Å²) in [6.45, 7) is 5.45. The molecule has 0 radical (unpaired) electrons. The van der Waals surface area contributed by atoms with Gasteiger partial charge in [0.1, 0.15) is 5.75 Å². The van der Waals surface area contributed by atoms with E-state index in [1.165, 1.54) is 11.1 Å². The van der Waals surface area contributed by atoms with Gasteiger partial charge in [-0.2, -0.15) is 0 Å². The van der Waals surface area contributed by atoms with Crippen molar-refractivity contribution in [3.8, 4) is 5.75 Å². The quantitative estimate of drug-likeness (QED) is 0.801. The Morgan fingerprint density at radius 1 is 1.19 bits per heavy atom. The standard InChI is InChI=1S/C23H35NO3/c1-23(2)14-12-19-18(6-5-7-21(19)27-4)20(23)13-15-24-22(25)16-8-10-17(26-3)11-9-16/h5-7,16-17,20H,8-15H2,1-4H3,(H,24,25). The number of hydrogen-bond acceptors (Lipinski definition) is 3. The van der Waals surface area contributed by atoms with Crippen LogP contribution >= 0.6 is 0 Å². The molecule has 1 saturated carbocycles. The Morgan fingerprint density at radius 3 is 2.59 bits per heavy atom. The molecule has 0 bridgehead atoms. The van der Waals surface area contributed by atoms with Gasteiger partial charge in [-0.15, -0.1) is 0 Å². The van der Waals surface area contributed by atoms with Crippen LogP contribution in [0.2, 0.25) is 0 Å². The molecule has 2 aliphatic rings.